The van der Waals surface area contributed by atoms with E-state index in [-0.39, 0.29) is 0 Å². The molecule has 0 aromatic heterocycles. The second kappa shape index (κ2) is 6.80. The van der Waals surface area contributed by atoms with Gasteiger partial charge in [-0.05, 0) is 19.4 Å². The molecule has 96 valence electrons. The highest BCUT2D eigenvalue weighted by atomic mass is 15.3. The van der Waals surface area contributed by atoms with E-state index in [9.17, 15) is 0 Å². The molecule has 2 bridgehead atoms. The standard InChI is InChI=1S/C12H23N5/c13-11-15-5-1-3-14-4-8-16-6-2-7-17(12-16)10-9-15/h14H,1-10,12H2. The van der Waals surface area contributed by atoms with Crippen molar-refractivity contribution < 1.29 is 0 Å². The fourth-order valence-electron chi connectivity index (χ4n) is 2.54. The van der Waals surface area contributed by atoms with Gasteiger partial charge in [0.25, 0.3) is 0 Å². The first-order chi connectivity index (χ1) is 8.38. The van der Waals surface area contributed by atoms with Crippen LogP contribution in [0, 0.1) is 11.5 Å². The molecule has 0 saturated carbocycles. The zero-order valence-electron chi connectivity index (χ0n) is 10.6. The molecule has 2 saturated heterocycles. The maximum atomic E-state index is 9.05. The SMILES string of the molecule is N#CN1CCCNCCN2CCCN(CC1)C2. The first-order valence-corrected chi connectivity index (χ1v) is 6.68. The maximum Gasteiger partial charge on any atom is 0.179 e. The van der Waals surface area contributed by atoms with Crippen LogP contribution in [-0.4, -0.2) is 73.7 Å². The predicted molar refractivity (Wildman–Crippen MR) is 67.3 cm³/mol. The van der Waals surface area contributed by atoms with Crippen molar-refractivity contribution in [3.63, 3.8) is 0 Å². The van der Waals surface area contributed by atoms with Gasteiger partial charge < -0.3 is 10.2 Å². The van der Waals surface area contributed by atoms with Gasteiger partial charge in [0.15, 0.2) is 6.19 Å². The largest absolute Gasteiger partial charge is 0.315 e. The van der Waals surface area contributed by atoms with Crippen molar-refractivity contribution >= 4 is 0 Å². The van der Waals surface area contributed by atoms with Crippen molar-refractivity contribution in [3.8, 4) is 6.19 Å². The summed E-state index contributed by atoms with van der Waals surface area (Å²) in [5.41, 5.74) is 0. The quantitative estimate of drug-likeness (QED) is 0.588. The second-order valence-corrected chi connectivity index (χ2v) is 4.92. The highest BCUT2D eigenvalue weighted by Crippen LogP contribution is 2.05. The molecule has 5 heteroatoms. The smallest absolute Gasteiger partial charge is 0.179 e. The van der Waals surface area contributed by atoms with E-state index >= 15 is 0 Å². The third kappa shape index (κ3) is 4.15. The lowest BCUT2D eigenvalue weighted by Gasteiger charge is -2.36. The summed E-state index contributed by atoms with van der Waals surface area (Å²) < 4.78 is 0. The molecule has 2 aliphatic rings. The number of nitrogens with zero attached hydrogens (tertiary/aromatic N) is 4. The summed E-state index contributed by atoms with van der Waals surface area (Å²) in [6.45, 7) is 9.52. The molecule has 2 heterocycles. The lowest BCUT2D eigenvalue weighted by molar-refractivity contribution is 0.0799. The van der Waals surface area contributed by atoms with E-state index in [4.69, 9.17) is 5.26 Å². The predicted octanol–water partition coefficient (Wildman–Crippen LogP) is -0.272. The van der Waals surface area contributed by atoms with Crippen molar-refractivity contribution in [2.45, 2.75) is 12.8 Å². The number of nitrogens with one attached hydrogen (secondary N) is 1. The molecule has 0 amide bonds. The van der Waals surface area contributed by atoms with E-state index < -0.39 is 0 Å². The molecule has 2 atom stereocenters. The van der Waals surface area contributed by atoms with Crippen molar-refractivity contribution in [2.75, 3.05) is 59.0 Å². The molecule has 1 N–H and O–H groups in total. The van der Waals surface area contributed by atoms with Crippen molar-refractivity contribution in [2.24, 2.45) is 0 Å². The van der Waals surface area contributed by atoms with Gasteiger partial charge in [-0.15, -0.1) is 0 Å². The molecule has 2 unspecified atom stereocenters. The van der Waals surface area contributed by atoms with Crippen LogP contribution in [0.1, 0.15) is 12.8 Å². The fraction of sp³-hybridized carbons (Fsp3) is 0.917. The first-order valence-electron chi connectivity index (χ1n) is 6.68. The van der Waals surface area contributed by atoms with Gasteiger partial charge >= 0.3 is 0 Å². The zero-order chi connectivity index (χ0) is 11.9. The van der Waals surface area contributed by atoms with Crippen LogP contribution in [0.5, 0.6) is 0 Å². The summed E-state index contributed by atoms with van der Waals surface area (Å²) >= 11 is 0. The Morgan fingerprint density at radius 2 is 1.65 bits per heavy atom. The van der Waals surface area contributed by atoms with Crippen molar-refractivity contribution in [1.29, 1.82) is 5.26 Å². The lowest BCUT2D eigenvalue weighted by atomic mass is 10.2. The van der Waals surface area contributed by atoms with Gasteiger partial charge in [-0.2, -0.15) is 5.26 Å². The van der Waals surface area contributed by atoms with Crippen LogP contribution in [0.4, 0.5) is 0 Å². The van der Waals surface area contributed by atoms with Crippen LogP contribution < -0.4 is 5.32 Å². The molecule has 0 aromatic carbocycles. The Morgan fingerprint density at radius 1 is 0.824 bits per heavy atom. The third-order valence-corrected chi connectivity index (χ3v) is 3.56. The summed E-state index contributed by atoms with van der Waals surface area (Å²) in [4.78, 5) is 6.87. The van der Waals surface area contributed by atoms with Gasteiger partial charge in [0.1, 0.15) is 0 Å². The van der Waals surface area contributed by atoms with E-state index in [1.807, 2.05) is 4.90 Å². The van der Waals surface area contributed by atoms with Gasteiger partial charge in [-0.25, -0.2) is 0 Å². The van der Waals surface area contributed by atoms with Crippen LogP contribution in [0.2, 0.25) is 0 Å². The third-order valence-electron chi connectivity index (χ3n) is 3.56. The average Bonchev–Trinajstić information content (AvgIpc) is 2.36. The molecular weight excluding hydrogens is 214 g/mol. The van der Waals surface area contributed by atoms with Crippen molar-refractivity contribution in [1.82, 2.24) is 20.0 Å². The molecule has 0 aliphatic carbocycles. The van der Waals surface area contributed by atoms with Gasteiger partial charge in [0.2, 0.25) is 0 Å². The molecule has 5 nitrogen and oxygen atoms in total. The van der Waals surface area contributed by atoms with Gasteiger partial charge in [0, 0.05) is 45.8 Å². The van der Waals surface area contributed by atoms with Gasteiger partial charge in [-0.1, -0.05) is 0 Å². The summed E-state index contributed by atoms with van der Waals surface area (Å²) in [7, 11) is 0. The Balaban J connectivity index is 1.87. The number of hydrogen-bond acceptors (Lipinski definition) is 5. The Hall–Kier alpha value is -0.830. The summed E-state index contributed by atoms with van der Waals surface area (Å²) in [5.74, 6) is 0. The Labute approximate surface area is 104 Å². The minimum absolute atomic E-state index is 0.879. The molecule has 2 rings (SSSR count). The van der Waals surface area contributed by atoms with Gasteiger partial charge in [-0.3, -0.25) is 9.80 Å². The van der Waals surface area contributed by atoms with E-state index in [0.29, 0.717) is 0 Å². The number of fused-ring (bicyclic) bond motifs is 2. The van der Waals surface area contributed by atoms with E-state index in [1.54, 1.807) is 0 Å². The molecule has 0 radical (unpaired) electrons. The van der Waals surface area contributed by atoms with Crippen LogP contribution in [0.25, 0.3) is 0 Å². The highest BCUT2D eigenvalue weighted by Gasteiger charge is 2.17. The normalized spacial score (nSPS) is 32.1. The Bertz CT molecular complexity index is 262. The lowest BCUT2D eigenvalue weighted by Crippen LogP contribution is -2.49. The summed E-state index contributed by atoms with van der Waals surface area (Å²) in [5, 5.41) is 12.5. The van der Waals surface area contributed by atoms with E-state index in [1.165, 1.54) is 19.5 Å². The van der Waals surface area contributed by atoms with Gasteiger partial charge in [0.05, 0.1) is 6.67 Å². The fourth-order valence-corrected chi connectivity index (χ4v) is 2.54. The van der Waals surface area contributed by atoms with E-state index in [2.05, 4.69) is 21.3 Å². The minimum atomic E-state index is 0.879. The number of rotatable bonds is 0. The molecule has 17 heavy (non-hydrogen) atoms. The van der Waals surface area contributed by atoms with E-state index in [0.717, 1.165) is 52.4 Å². The number of hydrogen-bond donors (Lipinski definition) is 1. The summed E-state index contributed by atoms with van der Waals surface area (Å²) in [6.07, 6.45) is 4.61. The zero-order valence-corrected chi connectivity index (χ0v) is 10.6. The first kappa shape index (κ1) is 12.6. The Morgan fingerprint density at radius 3 is 2.47 bits per heavy atom. The summed E-state index contributed by atoms with van der Waals surface area (Å²) in [6, 6.07) is 0. The van der Waals surface area contributed by atoms with Crippen LogP contribution >= 0.6 is 0 Å². The number of nitriles is 1. The Kier molecular flexibility index (Phi) is 5.05. The van der Waals surface area contributed by atoms with Crippen LogP contribution in [0.15, 0.2) is 0 Å². The topological polar surface area (TPSA) is 45.5 Å². The molecular formula is C12H23N5. The van der Waals surface area contributed by atoms with Crippen LogP contribution in [-0.2, 0) is 0 Å². The van der Waals surface area contributed by atoms with Crippen molar-refractivity contribution in [3.05, 3.63) is 0 Å². The molecule has 2 fully saturated rings. The maximum absolute atomic E-state index is 9.05. The molecule has 2 aliphatic heterocycles. The minimum Gasteiger partial charge on any atom is -0.315 e. The van der Waals surface area contributed by atoms with Crippen LogP contribution in [0.3, 0.4) is 0 Å². The molecule has 0 spiro atoms. The molecule has 0 aromatic rings. The second-order valence-electron chi connectivity index (χ2n) is 4.92. The monoisotopic (exact) mass is 237 g/mol. The average molecular weight is 237 g/mol. The highest BCUT2D eigenvalue weighted by molar-refractivity contribution is 4.77.